The maximum absolute atomic E-state index is 12.5. The highest BCUT2D eigenvalue weighted by Gasteiger charge is 2.19. The van der Waals surface area contributed by atoms with Crippen molar-refractivity contribution in [3.05, 3.63) is 59.9 Å². The van der Waals surface area contributed by atoms with Gasteiger partial charge in [0.15, 0.2) is 0 Å². The summed E-state index contributed by atoms with van der Waals surface area (Å²) in [6.07, 6.45) is 4.76. The van der Waals surface area contributed by atoms with Gasteiger partial charge in [-0.1, -0.05) is 18.2 Å². The maximum atomic E-state index is 12.5. The van der Waals surface area contributed by atoms with Crippen LogP contribution in [0.2, 0.25) is 0 Å². The van der Waals surface area contributed by atoms with Gasteiger partial charge in [-0.05, 0) is 43.5 Å². The van der Waals surface area contributed by atoms with Crippen LogP contribution in [0, 0.1) is 0 Å². The molecule has 0 unspecified atom stereocenters. The number of para-hydroxylation sites is 1. The van der Waals surface area contributed by atoms with E-state index in [1.165, 1.54) is 12.6 Å². The Morgan fingerprint density at radius 1 is 1.00 bits per heavy atom. The van der Waals surface area contributed by atoms with Crippen molar-refractivity contribution in [2.24, 2.45) is 0 Å². The van der Waals surface area contributed by atoms with E-state index in [0.717, 1.165) is 25.9 Å². The minimum absolute atomic E-state index is 0.0270. The predicted octanol–water partition coefficient (Wildman–Crippen LogP) is 2.96. The van der Waals surface area contributed by atoms with E-state index in [1.54, 1.807) is 24.3 Å². The molecule has 0 aliphatic carbocycles. The zero-order valence-corrected chi connectivity index (χ0v) is 12.9. The second-order valence-corrected chi connectivity index (χ2v) is 5.60. The van der Waals surface area contributed by atoms with Crippen molar-refractivity contribution in [3.8, 4) is 0 Å². The molecule has 0 spiro atoms. The first-order valence-corrected chi connectivity index (χ1v) is 7.86. The monoisotopic (exact) mass is 309 g/mol. The van der Waals surface area contributed by atoms with Crippen molar-refractivity contribution >= 4 is 17.5 Å². The minimum atomic E-state index is -0.315. The molecule has 0 bridgehead atoms. The van der Waals surface area contributed by atoms with Crippen molar-refractivity contribution in [1.82, 2.24) is 9.88 Å². The highest BCUT2D eigenvalue weighted by molar-refractivity contribution is 6.04. The lowest BCUT2D eigenvalue weighted by atomic mass is 10.1. The van der Waals surface area contributed by atoms with Crippen molar-refractivity contribution in [1.29, 1.82) is 0 Å². The van der Waals surface area contributed by atoms with Crippen LogP contribution in [0.25, 0.3) is 0 Å². The van der Waals surface area contributed by atoms with Gasteiger partial charge >= 0.3 is 0 Å². The fourth-order valence-electron chi connectivity index (χ4n) is 2.68. The van der Waals surface area contributed by atoms with E-state index in [1.807, 2.05) is 23.1 Å². The number of hydrogen-bond donors (Lipinski definition) is 1. The normalized spacial score (nSPS) is 14.3. The van der Waals surface area contributed by atoms with Crippen LogP contribution >= 0.6 is 0 Å². The van der Waals surface area contributed by atoms with Gasteiger partial charge in [-0.2, -0.15) is 0 Å². The standard InChI is InChI=1S/C18H19N3O2/c22-17(20-15-7-3-1-4-8-15)16-13-14(9-10-19-16)18(23)21-11-5-2-6-12-21/h1,3-4,7-10,13H,2,5-6,11-12H2,(H,20,22). The highest BCUT2D eigenvalue weighted by atomic mass is 16.2. The molecule has 2 amide bonds. The third-order valence-corrected chi connectivity index (χ3v) is 3.91. The Kier molecular flexibility index (Phi) is 4.66. The molecule has 23 heavy (non-hydrogen) atoms. The number of nitrogens with one attached hydrogen (secondary N) is 1. The molecule has 1 fully saturated rings. The summed E-state index contributed by atoms with van der Waals surface area (Å²) in [6, 6.07) is 12.4. The SMILES string of the molecule is O=C(Nc1ccccc1)c1cc(C(=O)N2CCCCC2)ccn1. The van der Waals surface area contributed by atoms with Gasteiger partial charge in [0.2, 0.25) is 0 Å². The molecule has 118 valence electrons. The number of carbonyl (C=O) groups is 2. The summed E-state index contributed by atoms with van der Waals surface area (Å²) >= 11 is 0. The van der Waals surface area contributed by atoms with Gasteiger partial charge in [0, 0.05) is 30.5 Å². The number of rotatable bonds is 3. The van der Waals surface area contributed by atoms with Gasteiger partial charge in [-0.25, -0.2) is 0 Å². The molecular formula is C18H19N3O2. The molecule has 0 radical (unpaired) electrons. The first-order valence-electron chi connectivity index (χ1n) is 7.86. The van der Waals surface area contributed by atoms with Crippen LogP contribution in [0.1, 0.15) is 40.1 Å². The van der Waals surface area contributed by atoms with E-state index in [-0.39, 0.29) is 17.5 Å². The lowest BCUT2D eigenvalue weighted by Gasteiger charge is -2.26. The molecule has 1 aromatic carbocycles. The maximum Gasteiger partial charge on any atom is 0.274 e. The number of hydrogen-bond acceptors (Lipinski definition) is 3. The Balaban J connectivity index is 1.74. The van der Waals surface area contributed by atoms with Crippen LogP contribution in [0.4, 0.5) is 5.69 Å². The molecule has 0 saturated carbocycles. The second-order valence-electron chi connectivity index (χ2n) is 5.60. The summed E-state index contributed by atoms with van der Waals surface area (Å²) in [7, 11) is 0. The Morgan fingerprint density at radius 3 is 2.48 bits per heavy atom. The molecule has 5 nitrogen and oxygen atoms in total. The summed E-state index contributed by atoms with van der Waals surface area (Å²) in [6.45, 7) is 1.57. The number of amides is 2. The second kappa shape index (κ2) is 7.05. The summed E-state index contributed by atoms with van der Waals surface area (Å²) in [5.41, 5.74) is 1.46. The molecule has 1 aromatic heterocycles. The zero-order valence-electron chi connectivity index (χ0n) is 12.9. The van der Waals surface area contributed by atoms with E-state index in [9.17, 15) is 9.59 Å². The largest absolute Gasteiger partial charge is 0.339 e. The van der Waals surface area contributed by atoms with Crippen LogP contribution < -0.4 is 5.32 Å². The lowest BCUT2D eigenvalue weighted by molar-refractivity contribution is 0.0724. The van der Waals surface area contributed by atoms with Gasteiger partial charge in [-0.3, -0.25) is 14.6 Å². The number of nitrogens with zero attached hydrogens (tertiary/aromatic N) is 2. The number of benzene rings is 1. The number of pyridine rings is 1. The Morgan fingerprint density at radius 2 is 1.74 bits per heavy atom. The fraction of sp³-hybridized carbons (Fsp3) is 0.278. The summed E-state index contributed by atoms with van der Waals surface area (Å²) in [4.78, 5) is 30.7. The number of anilines is 1. The molecule has 1 saturated heterocycles. The molecule has 1 aliphatic rings. The van der Waals surface area contributed by atoms with Crippen molar-refractivity contribution in [2.75, 3.05) is 18.4 Å². The van der Waals surface area contributed by atoms with Crippen LogP contribution in [0.15, 0.2) is 48.7 Å². The number of aromatic nitrogens is 1. The van der Waals surface area contributed by atoms with Crippen LogP contribution in [0.5, 0.6) is 0 Å². The Bertz CT molecular complexity index is 694. The average Bonchev–Trinajstić information content (AvgIpc) is 2.63. The van der Waals surface area contributed by atoms with Gasteiger partial charge in [0.05, 0.1) is 0 Å². The molecule has 5 heteroatoms. The van der Waals surface area contributed by atoms with E-state index in [0.29, 0.717) is 11.3 Å². The first-order chi connectivity index (χ1) is 11.2. The Labute approximate surface area is 135 Å². The molecule has 1 N–H and O–H groups in total. The topological polar surface area (TPSA) is 62.3 Å². The van der Waals surface area contributed by atoms with Crippen molar-refractivity contribution in [3.63, 3.8) is 0 Å². The van der Waals surface area contributed by atoms with E-state index < -0.39 is 0 Å². The van der Waals surface area contributed by atoms with Crippen LogP contribution in [0.3, 0.4) is 0 Å². The van der Waals surface area contributed by atoms with Crippen molar-refractivity contribution in [2.45, 2.75) is 19.3 Å². The summed E-state index contributed by atoms with van der Waals surface area (Å²) in [5, 5.41) is 2.78. The average molecular weight is 309 g/mol. The quantitative estimate of drug-likeness (QED) is 0.948. The molecule has 0 atom stereocenters. The van der Waals surface area contributed by atoms with Gasteiger partial charge < -0.3 is 10.2 Å². The minimum Gasteiger partial charge on any atom is -0.339 e. The van der Waals surface area contributed by atoms with Crippen LogP contribution in [-0.2, 0) is 0 Å². The van der Waals surface area contributed by atoms with Gasteiger partial charge in [0.1, 0.15) is 5.69 Å². The molecule has 2 heterocycles. The third-order valence-electron chi connectivity index (χ3n) is 3.91. The zero-order chi connectivity index (χ0) is 16.1. The van der Waals surface area contributed by atoms with Crippen LogP contribution in [-0.4, -0.2) is 34.8 Å². The molecular weight excluding hydrogens is 290 g/mol. The Hall–Kier alpha value is -2.69. The summed E-state index contributed by atoms with van der Waals surface area (Å²) in [5.74, 6) is -0.342. The van der Waals surface area contributed by atoms with E-state index >= 15 is 0 Å². The molecule has 2 aromatic rings. The molecule has 1 aliphatic heterocycles. The number of carbonyl (C=O) groups excluding carboxylic acids is 2. The fourth-order valence-corrected chi connectivity index (χ4v) is 2.68. The summed E-state index contributed by atoms with van der Waals surface area (Å²) < 4.78 is 0. The lowest BCUT2D eigenvalue weighted by Crippen LogP contribution is -2.35. The smallest absolute Gasteiger partial charge is 0.274 e. The predicted molar refractivity (Wildman–Crippen MR) is 88.4 cm³/mol. The van der Waals surface area contributed by atoms with Crippen molar-refractivity contribution < 1.29 is 9.59 Å². The third kappa shape index (κ3) is 3.74. The molecule has 3 rings (SSSR count). The number of likely N-dealkylation sites (tertiary alicyclic amines) is 1. The van der Waals surface area contributed by atoms with E-state index in [2.05, 4.69) is 10.3 Å². The number of piperidine rings is 1. The first kappa shape index (κ1) is 15.2. The highest BCUT2D eigenvalue weighted by Crippen LogP contribution is 2.14. The van der Waals surface area contributed by atoms with Gasteiger partial charge in [-0.15, -0.1) is 0 Å². The van der Waals surface area contributed by atoms with E-state index in [4.69, 9.17) is 0 Å². The van der Waals surface area contributed by atoms with Gasteiger partial charge in [0.25, 0.3) is 11.8 Å².